The summed E-state index contributed by atoms with van der Waals surface area (Å²) in [5.74, 6) is -0.0000813. The number of aromatic nitrogens is 1. The van der Waals surface area contributed by atoms with Gasteiger partial charge in [0.2, 0.25) is 5.91 Å². The van der Waals surface area contributed by atoms with Crippen LogP contribution < -0.4 is 5.32 Å². The van der Waals surface area contributed by atoms with Crippen LogP contribution in [0.2, 0.25) is 0 Å². The molecule has 0 spiro atoms. The zero-order valence-electron chi connectivity index (χ0n) is 14.0. The normalized spacial score (nSPS) is 11.0. The number of para-hydroxylation sites is 1. The number of rotatable bonds is 5. The van der Waals surface area contributed by atoms with Gasteiger partial charge in [0.25, 0.3) is 0 Å². The number of benzene rings is 2. The molecule has 2 aromatic heterocycles. The fraction of sp³-hybridized carbons (Fsp3) is 0.0952. The van der Waals surface area contributed by atoms with E-state index in [0.29, 0.717) is 13.1 Å². The molecular weight excluding hydrogens is 408 g/mol. The molecular formula is C21H17BrN2OS. The molecule has 0 radical (unpaired) electrons. The molecule has 2 aromatic carbocycles. The molecule has 0 saturated carbocycles. The van der Waals surface area contributed by atoms with Gasteiger partial charge in [0.1, 0.15) is 6.54 Å². The fourth-order valence-corrected chi connectivity index (χ4v) is 4.22. The molecule has 0 atom stereocenters. The Balaban J connectivity index is 1.59. The Labute approximate surface area is 164 Å². The van der Waals surface area contributed by atoms with E-state index >= 15 is 0 Å². The van der Waals surface area contributed by atoms with Crippen LogP contribution in [0.25, 0.3) is 21.5 Å². The van der Waals surface area contributed by atoms with E-state index in [-0.39, 0.29) is 5.91 Å². The average molecular weight is 425 g/mol. The Bertz CT molecular complexity index is 1050. The lowest BCUT2D eigenvalue weighted by Crippen LogP contribution is -2.27. The van der Waals surface area contributed by atoms with Gasteiger partial charge in [-0.1, -0.05) is 58.4 Å². The number of carbonyl (C=O) groups is 1. The number of nitrogens with zero attached hydrogens (tertiary/aromatic N) is 1. The summed E-state index contributed by atoms with van der Waals surface area (Å²) in [5.41, 5.74) is 3.22. The first kappa shape index (κ1) is 17.1. The van der Waals surface area contributed by atoms with Crippen LogP contribution in [0.3, 0.4) is 0 Å². The maximum atomic E-state index is 12.6. The first-order chi connectivity index (χ1) is 12.7. The van der Waals surface area contributed by atoms with Gasteiger partial charge in [-0.2, -0.15) is 0 Å². The van der Waals surface area contributed by atoms with Gasteiger partial charge in [-0.05, 0) is 35.2 Å². The second-order valence-electron chi connectivity index (χ2n) is 6.02. The SMILES string of the molecule is O=C(Cn1c(-c2cccs2)cc2ccccc21)NCc1ccccc1Br. The van der Waals surface area contributed by atoms with Crippen LogP contribution in [0.4, 0.5) is 0 Å². The van der Waals surface area contributed by atoms with Crippen molar-refractivity contribution in [2.75, 3.05) is 0 Å². The molecule has 0 aliphatic rings. The second kappa shape index (κ2) is 7.48. The number of halogens is 1. The van der Waals surface area contributed by atoms with E-state index in [1.54, 1.807) is 11.3 Å². The Kier molecular flexibility index (Phi) is 4.91. The van der Waals surface area contributed by atoms with E-state index in [4.69, 9.17) is 0 Å². The highest BCUT2D eigenvalue weighted by atomic mass is 79.9. The van der Waals surface area contributed by atoms with Gasteiger partial charge in [-0.3, -0.25) is 4.79 Å². The molecule has 0 saturated heterocycles. The molecule has 26 heavy (non-hydrogen) atoms. The molecule has 0 fully saturated rings. The number of hydrogen-bond donors (Lipinski definition) is 1. The molecule has 130 valence electrons. The van der Waals surface area contributed by atoms with Crippen molar-refractivity contribution in [2.45, 2.75) is 13.1 Å². The minimum Gasteiger partial charge on any atom is -0.350 e. The second-order valence-corrected chi connectivity index (χ2v) is 7.82. The summed E-state index contributed by atoms with van der Waals surface area (Å²) in [7, 11) is 0. The fourth-order valence-electron chi connectivity index (χ4n) is 3.04. The molecule has 2 heterocycles. The highest BCUT2D eigenvalue weighted by Gasteiger charge is 2.14. The van der Waals surface area contributed by atoms with Crippen LogP contribution in [-0.4, -0.2) is 10.5 Å². The van der Waals surface area contributed by atoms with Gasteiger partial charge in [-0.25, -0.2) is 0 Å². The summed E-state index contributed by atoms with van der Waals surface area (Å²) in [6.07, 6.45) is 0. The first-order valence-corrected chi connectivity index (χ1v) is 10.0. The smallest absolute Gasteiger partial charge is 0.240 e. The minimum absolute atomic E-state index is 0.0000813. The first-order valence-electron chi connectivity index (χ1n) is 8.34. The predicted octanol–water partition coefficient (Wildman–Crippen LogP) is 5.45. The quantitative estimate of drug-likeness (QED) is 0.454. The summed E-state index contributed by atoms with van der Waals surface area (Å²) in [5, 5.41) is 6.24. The Morgan fingerprint density at radius 3 is 2.65 bits per heavy atom. The maximum absolute atomic E-state index is 12.6. The van der Waals surface area contributed by atoms with E-state index in [1.807, 2.05) is 42.5 Å². The standard InChI is InChI=1S/C21H17BrN2OS/c22-17-8-3-1-7-16(17)13-23-21(25)14-24-18-9-4-2-6-15(18)12-19(24)20-10-5-11-26-20/h1-12H,13-14H2,(H,23,25). The molecule has 0 aliphatic heterocycles. The van der Waals surface area contributed by atoms with Crippen molar-refractivity contribution in [3.8, 4) is 10.6 Å². The summed E-state index contributed by atoms with van der Waals surface area (Å²) in [6, 6.07) is 22.4. The maximum Gasteiger partial charge on any atom is 0.240 e. The topological polar surface area (TPSA) is 34.0 Å². The number of carbonyl (C=O) groups excluding carboxylic acids is 1. The van der Waals surface area contributed by atoms with Crippen molar-refractivity contribution in [2.24, 2.45) is 0 Å². The summed E-state index contributed by atoms with van der Waals surface area (Å²) >= 11 is 5.21. The Morgan fingerprint density at radius 1 is 1.04 bits per heavy atom. The minimum atomic E-state index is -0.0000813. The monoisotopic (exact) mass is 424 g/mol. The summed E-state index contributed by atoms with van der Waals surface area (Å²) in [4.78, 5) is 13.8. The van der Waals surface area contributed by atoms with Gasteiger partial charge in [0.15, 0.2) is 0 Å². The van der Waals surface area contributed by atoms with Gasteiger partial charge < -0.3 is 9.88 Å². The molecule has 0 aliphatic carbocycles. The molecule has 0 bridgehead atoms. The molecule has 1 N–H and O–H groups in total. The number of amides is 1. The zero-order valence-corrected chi connectivity index (χ0v) is 16.4. The number of fused-ring (bicyclic) bond motifs is 1. The van der Waals surface area contributed by atoms with Crippen molar-refractivity contribution in [1.29, 1.82) is 0 Å². The van der Waals surface area contributed by atoms with Gasteiger partial charge >= 0.3 is 0 Å². The van der Waals surface area contributed by atoms with Crippen molar-refractivity contribution in [3.05, 3.63) is 82.1 Å². The molecule has 1 amide bonds. The Hall–Kier alpha value is -2.37. The van der Waals surface area contributed by atoms with Crippen molar-refractivity contribution >= 4 is 44.1 Å². The van der Waals surface area contributed by atoms with E-state index in [2.05, 4.69) is 55.5 Å². The molecule has 5 heteroatoms. The molecule has 3 nitrogen and oxygen atoms in total. The van der Waals surface area contributed by atoms with Gasteiger partial charge in [0, 0.05) is 21.9 Å². The summed E-state index contributed by atoms with van der Waals surface area (Å²) in [6.45, 7) is 0.805. The van der Waals surface area contributed by atoms with Gasteiger partial charge in [-0.15, -0.1) is 11.3 Å². The lowest BCUT2D eigenvalue weighted by Gasteiger charge is -2.11. The van der Waals surface area contributed by atoms with Crippen LogP contribution in [0, 0.1) is 0 Å². The lowest BCUT2D eigenvalue weighted by atomic mass is 10.2. The van der Waals surface area contributed by atoms with Crippen LogP contribution >= 0.6 is 27.3 Å². The van der Waals surface area contributed by atoms with Crippen LogP contribution in [-0.2, 0) is 17.9 Å². The van der Waals surface area contributed by atoms with Crippen LogP contribution in [0.15, 0.2) is 76.6 Å². The molecule has 4 rings (SSSR count). The van der Waals surface area contributed by atoms with Crippen molar-refractivity contribution in [3.63, 3.8) is 0 Å². The number of nitrogens with one attached hydrogen (secondary N) is 1. The lowest BCUT2D eigenvalue weighted by molar-refractivity contribution is -0.121. The third-order valence-electron chi connectivity index (χ3n) is 4.32. The van der Waals surface area contributed by atoms with Gasteiger partial charge in [0.05, 0.1) is 10.6 Å². The Morgan fingerprint density at radius 2 is 1.85 bits per heavy atom. The highest BCUT2D eigenvalue weighted by molar-refractivity contribution is 9.10. The molecule has 4 aromatic rings. The van der Waals surface area contributed by atoms with Crippen LogP contribution in [0.5, 0.6) is 0 Å². The third-order valence-corrected chi connectivity index (χ3v) is 5.99. The average Bonchev–Trinajstić information content (AvgIpc) is 3.29. The van der Waals surface area contributed by atoms with E-state index < -0.39 is 0 Å². The highest BCUT2D eigenvalue weighted by Crippen LogP contribution is 2.31. The van der Waals surface area contributed by atoms with E-state index in [1.165, 1.54) is 4.88 Å². The zero-order chi connectivity index (χ0) is 17.9. The van der Waals surface area contributed by atoms with Crippen LogP contribution in [0.1, 0.15) is 5.56 Å². The predicted molar refractivity (Wildman–Crippen MR) is 111 cm³/mol. The van der Waals surface area contributed by atoms with Crippen molar-refractivity contribution in [1.82, 2.24) is 9.88 Å². The molecule has 0 unspecified atom stereocenters. The number of thiophene rings is 1. The number of hydrogen-bond acceptors (Lipinski definition) is 2. The van der Waals surface area contributed by atoms with Crippen molar-refractivity contribution < 1.29 is 4.79 Å². The summed E-state index contributed by atoms with van der Waals surface area (Å²) < 4.78 is 3.10. The van der Waals surface area contributed by atoms with E-state index in [0.717, 1.165) is 26.6 Å². The van der Waals surface area contributed by atoms with E-state index in [9.17, 15) is 4.79 Å². The third kappa shape index (κ3) is 3.45. The largest absolute Gasteiger partial charge is 0.350 e.